The van der Waals surface area contributed by atoms with Crippen molar-refractivity contribution in [2.75, 3.05) is 10.9 Å². The van der Waals surface area contributed by atoms with E-state index < -0.39 is 0 Å². The summed E-state index contributed by atoms with van der Waals surface area (Å²) < 4.78 is 1.05. The normalized spacial score (nSPS) is 9.88. The zero-order valence-corrected chi connectivity index (χ0v) is 10.7. The molecule has 2 nitrogen and oxygen atoms in total. The van der Waals surface area contributed by atoms with Gasteiger partial charge in [-0.2, -0.15) is 0 Å². The summed E-state index contributed by atoms with van der Waals surface area (Å²) in [5.41, 5.74) is 7.95. The van der Waals surface area contributed by atoms with E-state index in [4.69, 9.17) is 11.6 Å². The molecule has 4 heteroatoms. The molecule has 0 amide bonds. The van der Waals surface area contributed by atoms with Crippen molar-refractivity contribution in [3.05, 3.63) is 58.0 Å². The van der Waals surface area contributed by atoms with E-state index in [1.807, 2.05) is 48.5 Å². The predicted molar refractivity (Wildman–Crippen MR) is 72.8 cm³/mol. The first-order valence-electron chi connectivity index (χ1n) is 4.78. The summed E-state index contributed by atoms with van der Waals surface area (Å²) in [6, 6.07) is 15.4. The Morgan fingerprint density at radius 1 is 0.875 bits per heavy atom. The van der Waals surface area contributed by atoms with Gasteiger partial charge in [-0.25, -0.2) is 0 Å². The number of rotatable bonds is 3. The number of para-hydroxylation sites is 1. The second kappa shape index (κ2) is 5.23. The number of hydrogen-bond acceptors (Lipinski definition) is 2. The van der Waals surface area contributed by atoms with Gasteiger partial charge in [0.25, 0.3) is 0 Å². The molecule has 0 aliphatic heterocycles. The van der Waals surface area contributed by atoms with E-state index in [1.54, 1.807) is 0 Å². The molecule has 82 valence electrons. The van der Waals surface area contributed by atoms with Crippen LogP contribution >= 0.6 is 27.5 Å². The lowest BCUT2D eigenvalue weighted by atomic mass is 10.3. The molecule has 0 saturated carbocycles. The monoisotopic (exact) mass is 296 g/mol. The van der Waals surface area contributed by atoms with Crippen molar-refractivity contribution in [3.8, 4) is 0 Å². The second-order valence-electron chi connectivity index (χ2n) is 3.24. The van der Waals surface area contributed by atoms with Crippen molar-refractivity contribution < 1.29 is 0 Å². The average molecular weight is 298 g/mol. The largest absolute Gasteiger partial charge is 0.301 e. The van der Waals surface area contributed by atoms with E-state index in [0.29, 0.717) is 5.02 Å². The van der Waals surface area contributed by atoms with Gasteiger partial charge in [0.05, 0.1) is 16.4 Å². The summed E-state index contributed by atoms with van der Waals surface area (Å²) in [5.74, 6) is 0. The van der Waals surface area contributed by atoms with E-state index in [2.05, 4.69) is 26.8 Å². The minimum absolute atomic E-state index is 0.687. The molecule has 2 aromatic rings. The molecule has 0 radical (unpaired) electrons. The van der Waals surface area contributed by atoms with Crippen LogP contribution in [0.15, 0.2) is 53.0 Å². The smallest absolute Gasteiger partial charge is 0.0726 e. The first-order valence-corrected chi connectivity index (χ1v) is 5.95. The quantitative estimate of drug-likeness (QED) is 0.813. The lowest BCUT2D eigenvalue weighted by Gasteiger charge is -2.10. The van der Waals surface area contributed by atoms with Crippen molar-refractivity contribution in [2.24, 2.45) is 0 Å². The topological polar surface area (TPSA) is 24.1 Å². The van der Waals surface area contributed by atoms with Gasteiger partial charge in [0.1, 0.15) is 0 Å². The fraction of sp³-hybridized carbons (Fsp3) is 0. The Morgan fingerprint density at radius 3 is 2.25 bits per heavy atom. The summed E-state index contributed by atoms with van der Waals surface area (Å²) in [7, 11) is 0. The third-order valence-corrected chi connectivity index (χ3v) is 2.92. The van der Waals surface area contributed by atoms with Crippen LogP contribution in [0.5, 0.6) is 0 Å². The van der Waals surface area contributed by atoms with Gasteiger partial charge in [0.15, 0.2) is 0 Å². The molecule has 0 atom stereocenters. The molecule has 2 rings (SSSR count). The molecule has 0 unspecified atom stereocenters. The minimum atomic E-state index is 0.687. The zero-order valence-electron chi connectivity index (χ0n) is 8.37. The van der Waals surface area contributed by atoms with Gasteiger partial charge < -0.3 is 5.43 Å². The molecule has 0 aliphatic rings. The third kappa shape index (κ3) is 2.90. The van der Waals surface area contributed by atoms with E-state index >= 15 is 0 Å². The van der Waals surface area contributed by atoms with Crippen molar-refractivity contribution in [2.45, 2.75) is 0 Å². The number of halogens is 2. The molecule has 0 saturated heterocycles. The molecule has 0 spiro atoms. The van der Waals surface area contributed by atoms with Gasteiger partial charge in [0.2, 0.25) is 0 Å². The van der Waals surface area contributed by atoms with Gasteiger partial charge in [-0.1, -0.05) is 39.7 Å². The predicted octanol–water partition coefficient (Wildman–Crippen LogP) is 4.54. The minimum Gasteiger partial charge on any atom is -0.301 e. The van der Waals surface area contributed by atoms with E-state index in [9.17, 15) is 0 Å². The number of benzene rings is 2. The van der Waals surface area contributed by atoms with Crippen LogP contribution < -0.4 is 10.9 Å². The summed E-state index contributed by atoms with van der Waals surface area (Å²) in [4.78, 5) is 0. The van der Waals surface area contributed by atoms with Crippen LogP contribution in [-0.2, 0) is 0 Å². The molecule has 2 aromatic carbocycles. The highest BCUT2D eigenvalue weighted by Gasteiger charge is 1.97. The van der Waals surface area contributed by atoms with Crippen molar-refractivity contribution in [1.82, 2.24) is 0 Å². The number of nitrogens with one attached hydrogen (secondary N) is 2. The molecular weight excluding hydrogens is 288 g/mol. The Hall–Kier alpha value is -1.19. The Balaban J connectivity index is 2.02. The highest BCUT2D eigenvalue weighted by molar-refractivity contribution is 9.10. The van der Waals surface area contributed by atoms with Crippen LogP contribution in [0.3, 0.4) is 0 Å². The summed E-state index contributed by atoms with van der Waals surface area (Å²) in [6.45, 7) is 0. The van der Waals surface area contributed by atoms with Gasteiger partial charge in [0, 0.05) is 4.47 Å². The van der Waals surface area contributed by atoms with Gasteiger partial charge in [-0.3, -0.25) is 5.43 Å². The number of hydrogen-bond donors (Lipinski definition) is 2. The fourth-order valence-electron chi connectivity index (χ4n) is 1.24. The van der Waals surface area contributed by atoms with Gasteiger partial charge in [-0.05, 0) is 36.4 Å². The summed E-state index contributed by atoms with van der Waals surface area (Å²) >= 11 is 9.39. The second-order valence-corrected chi connectivity index (χ2v) is 4.56. The van der Waals surface area contributed by atoms with Crippen LogP contribution in [0, 0.1) is 0 Å². The van der Waals surface area contributed by atoms with E-state index in [-0.39, 0.29) is 0 Å². The first kappa shape index (κ1) is 11.3. The number of hydrazine groups is 1. The molecular formula is C12H10BrClN2. The maximum Gasteiger partial charge on any atom is 0.0726 e. The Kier molecular flexibility index (Phi) is 3.70. The SMILES string of the molecule is Clc1ccccc1NNc1ccc(Br)cc1. The molecule has 16 heavy (non-hydrogen) atoms. The molecule has 0 fully saturated rings. The summed E-state index contributed by atoms with van der Waals surface area (Å²) in [5, 5.41) is 0.687. The van der Waals surface area contributed by atoms with Crippen LogP contribution in [0.4, 0.5) is 11.4 Å². The molecule has 2 N–H and O–H groups in total. The molecule has 0 aliphatic carbocycles. The summed E-state index contributed by atoms with van der Waals surface area (Å²) in [6.07, 6.45) is 0. The lowest BCUT2D eigenvalue weighted by Crippen LogP contribution is -2.08. The van der Waals surface area contributed by atoms with Crippen LogP contribution in [0.25, 0.3) is 0 Å². The Morgan fingerprint density at radius 2 is 1.56 bits per heavy atom. The van der Waals surface area contributed by atoms with Crippen molar-refractivity contribution in [3.63, 3.8) is 0 Å². The van der Waals surface area contributed by atoms with Crippen LogP contribution in [0.2, 0.25) is 5.02 Å². The maximum absolute atomic E-state index is 6.01. The molecule has 0 heterocycles. The highest BCUT2D eigenvalue weighted by Crippen LogP contribution is 2.21. The fourth-order valence-corrected chi connectivity index (χ4v) is 1.68. The van der Waals surface area contributed by atoms with Crippen LogP contribution in [-0.4, -0.2) is 0 Å². The molecule has 0 aromatic heterocycles. The first-order chi connectivity index (χ1) is 7.75. The van der Waals surface area contributed by atoms with Crippen molar-refractivity contribution >= 4 is 38.9 Å². The average Bonchev–Trinajstić information content (AvgIpc) is 2.30. The number of anilines is 2. The Labute approximate surface area is 108 Å². The highest BCUT2D eigenvalue weighted by atomic mass is 79.9. The van der Waals surface area contributed by atoms with Gasteiger partial charge in [-0.15, -0.1) is 0 Å². The van der Waals surface area contributed by atoms with Gasteiger partial charge >= 0.3 is 0 Å². The standard InChI is InChI=1S/C12H10BrClN2/c13-9-5-7-10(8-6-9)15-16-12-4-2-1-3-11(12)14/h1-8,15-16H. The van der Waals surface area contributed by atoms with Crippen molar-refractivity contribution in [1.29, 1.82) is 0 Å². The zero-order chi connectivity index (χ0) is 11.4. The lowest BCUT2D eigenvalue weighted by molar-refractivity contribution is 1.41. The Bertz CT molecular complexity index is 471. The van der Waals surface area contributed by atoms with E-state index in [1.165, 1.54) is 0 Å². The maximum atomic E-state index is 6.01. The third-order valence-electron chi connectivity index (χ3n) is 2.06. The van der Waals surface area contributed by atoms with Crippen LogP contribution in [0.1, 0.15) is 0 Å². The van der Waals surface area contributed by atoms with E-state index in [0.717, 1.165) is 15.8 Å². The molecule has 0 bridgehead atoms.